The van der Waals surface area contributed by atoms with Crippen molar-refractivity contribution in [2.45, 2.75) is 31.3 Å². The predicted octanol–water partition coefficient (Wildman–Crippen LogP) is 1.60. The second-order valence-corrected chi connectivity index (χ2v) is 5.62. The molecule has 0 amide bonds. The summed E-state index contributed by atoms with van der Waals surface area (Å²) in [5.41, 5.74) is 6.67. The number of aryl methyl sites for hydroxylation is 2. The lowest BCUT2D eigenvalue weighted by atomic mass is 10.6. The van der Waals surface area contributed by atoms with Gasteiger partial charge in [0.15, 0.2) is 5.16 Å². The second kappa shape index (κ2) is 5.61. The summed E-state index contributed by atoms with van der Waals surface area (Å²) >= 11 is 3.32. The predicted molar refractivity (Wildman–Crippen MR) is 70.2 cm³/mol. The number of thioether (sulfide) groups is 1. The van der Waals surface area contributed by atoms with Gasteiger partial charge in [0, 0.05) is 24.2 Å². The van der Waals surface area contributed by atoms with Crippen LogP contribution in [0.2, 0.25) is 0 Å². The summed E-state index contributed by atoms with van der Waals surface area (Å²) in [7, 11) is 0. The molecule has 2 aromatic rings. The molecule has 2 rings (SSSR count). The highest BCUT2D eigenvalue weighted by atomic mass is 32.2. The van der Waals surface area contributed by atoms with Crippen LogP contribution in [0.4, 0.5) is 0 Å². The summed E-state index contributed by atoms with van der Waals surface area (Å²) in [6, 6.07) is 0. The van der Waals surface area contributed by atoms with Gasteiger partial charge < -0.3 is 10.3 Å². The van der Waals surface area contributed by atoms with Gasteiger partial charge in [0.05, 0.1) is 10.7 Å². The Morgan fingerprint density at radius 1 is 1.41 bits per heavy atom. The Morgan fingerprint density at radius 3 is 2.88 bits per heavy atom. The summed E-state index contributed by atoms with van der Waals surface area (Å²) in [6.45, 7) is 5.32. The average molecular weight is 269 g/mol. The fourth-order valence-corrected chi connectivity index (χ4v) is 3.09. The minimum Gasteiger partial charge on any atom is -0.329 e. The number of aromatic nitrogens is 4. The molecule has 5 nitrogen and oxygen atoms in total. The van der Waals surface area contributed by atoms with E-state index in [1.54, 1.807) is 23.1 Å². The van der Waals surface area contributed by atoms with E-state index in [1.165, 1.54) is 0 Å². The third-order valence-electron chi connectivity index (χ3n) is 2.27. The first kappa shape index (κ1) is 12.5. The molecule has 0 bridgehead atoms. The smallest absolute Gasteiger partial charge is 0.191 e. The first-order chi connectivity index (χ1) is 8.20. The van der Waals surface area contributed by atoms with E-state index in [9.17, 15) is 0 Å². The van der Waals surface area contributed by atoms with Gasteiger partial charge in [-0.15, -0.1) is 21.5 Å². The van der Waals surface area contributed by atoms with E-state index in [4.69, 9.17) is 5.73 Å². The van der Waals surface area contributed by atoms with Gasteiger partial charge in [0.1, 0.15) is 5.82 Å². The Balaban J connectivity index is 2.03. The Bertz CT molecular complexity index is 491. The zero-order valence-electron chi connectivity index (χ0n) is 9.88. The van der Waals surface area contributed by atoms with E-state index >= 15 is 0 Å². The standard InChI is InChI=1S/C10H15N5S2/c1-7-13-14-10(15(7)4-3-11)17-6-9-5-16-8(2)12-9/h5H,3-4,6,11H2,1-2H3. The molecule has 0 aliphatic carbocycles. The minimum atomic E-state index is 0.599. The van der Waals surface area contributed by atoms with Crippen LogP contribution in [0.25, 0.3) is 0 Å². The number of thiazole rings is 1. The van der Waals surface area contributed by atoms with Crippen molar-refractivity contribution in [3.05, 3.63) is 21.9 Å². The fraction of sp³-hybridized carbons (Fsp3) is 0.500. The van der Waals surface area contributed by atoms with E-state index < -0.39 is 0 Å². The van der Waals surface area contributed by atoms with Gasteiger partial charge in [-0.2, -0.15) is 0 Å². The molecule has 2 heterocycles. The number of nitrogens with zero attached hydrogens (tertiary/aromatic N) is 4. The van der Waals surface area contributed by atoms with Crippen molar-refractivity contribution >= 4 is 23.1 Å². The van der Waals surface area contributed by atoms with Crippen molar-refractivity contribution in [2.24, 2.45) is 5.73 Å². The lowest BCUT2D eigenvalue weighted by Gasteiger charge is -2.05. The van der Waals surface area contributed by atoms with E-state index in [2.05, 4.69) is 20.6 Å². The third kappa shape index (κ3) is 3.05. The van der Waals surface area contributed by atoms with Crippen molar-refractivity contribution in [1.29, 1.82) is 0 Å². The van der Waals surface area contributed by atoms with Crippen LogP contribution in [0.1, 0.15) is 16.5 Å². The molecule has 0 radical (unpaired) electrons. The summed E-state index contributed by atoms with van der Waals surface area (Å²) in [5.74, 6) is 1.74. The molecule has 0 unspecified atom stereocenters. The van der Waals surface area contributed by atoms with E-state index in [-0.39, 0.29) is 0 Å². The molecule has 0 saturated carbocycles. The highest BCUT2D eigenvalue weighted by molar-refractivity contribution is 7.98. The van der Waals surface area contributed by atoms with Crippen LogP contribution < -0.4 is 5.73 Å². The first-order valence-electron chi connectivity index (χ1n) is 5.34. The van der Waals surface area contributed by atoms with Gasteiger partial charge in [0.2, 0.25) is 0 Å². The molecule has 2 aromatic heterocycles. The largest absolute Gasteiger partial charge is 0.329 e. The lowest BCUT2D eigenvalue weighted by Crippen LogP contribution is -2.12. The maximum absolute atomic E-state index is 5.57. The molecule has 0 aliphatic rings. The summed E-state index contributed by atoms with van der Waals surface area (Å²) < 4.78 is 2.05. The molecular formula is C10H15N5S2. The number of hydrogen-bond donors (Lipinski definition) is 1. The van der Waals surface area contributed by atoms with Crippen LogP contribution in [-0.2, 0) is 12.3 Å². The van der Waals surface area contributed by atoms with E-state index in [1.807, 2.05) is 18.4 Å². The van der Waals surface area contributed by atoms with Gasteiger partial charge in [-0.05, 0) is 13.8 Å². The van der Waals surface area contributed by atoms with Gasteiger partial charge in [0.25, 0.3) is 0 Å². The summed E-state index contributed by atoms with van der Waals surface area (Å²) in [6.07, 6.45) is 0. The molecule has 0 spiro atoms. The molecule has 0 atom stereocenters. The fourth-order valence-electron chi connectivity index (χ4n) is 1.47. The Hall–Kier alpha value is -0.920. The van der Waals surface area contributed by atoms with Crippen molar-refractivity contribution in [2.75, 3.05) is 6.54 Å². The van der Waals surface area contributed by atoms with Gasteiger partial charge in [-0.25, -0.2) is 4.98 Å². The molecule has 92 valence electrons. The number of nitrogens with two attached hydrogens (primary N) is 1. The molecular weight excluding hydrogens is 254 g/mol. The molecule has 0 aliphatic heterocycles. The molecule has 0 saturated heterocycles. The maximum Gasteiger partial charge on any atom is 0.191 e. The number of hydrogen-bond acceptors (Lipinski definition) is 6. The molecule has 0 aromatic carbocycles. The van der Waals surface area contributed by atoms with Gasteiger partial charge >= 0.3 is 0 Å². The minimum absolute atomic E-state index is 0.599. The molecule has 7 heteroatoms. The molecule has 2 N–H and O–H groups in total. The topological polar surface area (TPSA) is 69.6 Å². The lowest BCUT2D eigenvalue weighted by molar-refractivity contribution is 0.627. The Kier molecular flexibility index (Phi) is 4.14. The van der Waals surface area contributed by atoms with Gasteiger partial charge in [-0.3, -0.25) is 0 Å². The van der Waals surface area contributed by atoms with Crippen molar-refractivity contribution in [1.82, 2.24) is 19.7 Å². The van der Waals surface area contributed by atoms with Crippen LogP contribution in [0.5, 0.6) is 0 Å². The second-order valence-electron chi connectivity index (χ2n) is 3.62. The molecule has 0 fully saturated rings. The van der Waals surface area contributed by atoms with E-state index in [0.29, 0.717) is 6.54 Å². The van der Waals surface area contributed by atoms with Crippen LogP contribution in [-0.4, -0.2) is 26.3 Å². The monoisotopic (exact) mass is 269 g/mol. The average Bonchev–Trinajstić information content (AvgIpc) is 2.86. The summed E-state index contributed by atoms with van der Waals surface area (Å²) in [5, 5.41) is 12.3. The quantitative estimate of drug-likeness (QED) is 0.835. The van der Waals surface area contributed by atoms with Crippen molar-refractivity contribution in [3.63, 3.8) is 0 Å². The maximum atomic E-state index is 5.57. The van der Waals surface area contributed by atoms with Crippen molar-refractivity contribution in [3.8, 4) is 0 Å². The SMILES string of the molecule is Cc1nc(CSc2nnc(C)n2CCN)cs1. The zero-order chi connectivity index (χ0) is 12.3. The Labute approximate surface area is 108 Å². The van der Waals surface area contributed by atoms with Gasteiger partial charge in [-0.1, -0.05) is 11.8 Å². The van der Waals surface area contributed by atoms with E-state index in [0.717, 1.165) is 34.0 Å². The van der Waals surface area contributed by atoms with Crippen LogP contribution in [0, 0.1) is 13.8 Å². The van der Waals surface area contributed by atoms with Crippen LogP contribution >= 0.6 is 23.1 Å². The van der Waals surface area contributed by atoms with Crippen LogP contribution in [0.15, 0.2) is 10.5 Å². The molecule has 17 heavy (non-hydrogen) atoms. The Morgan fingerprint density at radius 2 is 2.24 bits per heavy atom. The summed E-state index contributed by atoms with van der Waals surface area (Å²) in [4.78, 5) is 4.42. The zero-order valence-corrected chi connectivity index (χ0v) is 11.5. The first-order valence-corrected chi connectivity index (χ1v) is 7.21. The highest BCUT2D eigenvalue weighted by Crippen LogP contribution is 2.22. The highest BCUT2D eigenvalue weighted by Gasteiger charge is 2.09. The third-order valence-corrected chi connectivity index (χ3v) is 4.09. The van der Waals surface area contributed by atoms with Crippen molar-refractivity contribution < 1.29 is 0 Å². The van der Waals surface area contributed by atoms with Crippen LogP contribution in [0.3, 0.4) is 0 Å². The normalized spacial score (nSPS) is 11.0. The number of rotatable bonds is 5.